The van der Waals surface area contributed by atoms with Crippen molar-refractivity contribution in [1.29, 1.82) is 0 Å². The van der Waals surface area contributed by atoms with Gasteiger partial charge in [0.15, 0.2) is 5.01 Å². The van der Waals surface area contributed by atoms with Gasteiger partial charge in [-0.3, -0.25) is 4.98 Å². The summed E-state index contributed by atoms with van der Waals surface area (Å²) in [5.74, 6) is 0.557. The highest BCUT2D eigenvalue weighted by Crippen LogP contribution is 2.30. The average Bonchev–Trinajstić information content (AvgIpc) is 3.06. The van der Waals surface area contributed by atoms with Crippen molar-refractivity contribution >= 4 is 22.3 Å². The van der Waals surface area contributed by atoms with Crippen LogP contribution in [-0.4, -0.2) is 46.3 Å². The molecule has 0 atom stereocenters. The zero-order chi connectivity index (χ0) is 19.6. The van der Waals surface area contributed by atoms with E-state index in [-0.39, 0.29) is 0 Å². The van der Waals surface area contributed by atoms with Gasteiger partial charge in [0, 0.05) is 38.6 Å². The Balaban J connectivity index is 1.43. The number of pyridine rings is 2. The third kappa shape index (κ3) is 4.06. The Labute approximate surface area is 163 Å². The summed E-state index contributed by atoms with van der Waals surface area (Å²) in [5.41, 5.74) is 0.0558. The topological polar surface area (TPSA) is 58.0 Å². The highest BCUT2D eigenvalue weighted by molar-refractivity contribution is 7.18. The van der Waals surface area contributed by atoms with E-state index in [4.69, 9.17) is 0 Å². The number of anilines is 2. The summed E-state index contributed by atoms with van der Waals surface area (Å²) in [6, 6.07) is 8.16. The molecule has 0 radical (unpaired) electrons. The van der Waals surface area contributed by atoms with Crippen LogP contribution in [0, 0.1) is 0 Å². The lowest BCUT2D eigenvalue weighted by molar-refractivity contribution is -0.137. The SMILES string of the molecule is FC(F)(F)c1ccc(N2CCCN(c3nnc(-c4ccccn4)s3)CC2)nc1. The molecule has 0 aliphatic carbocycles. The zero-order valence-corrected chi connectivity index (χ0v) is 15.6. The molecule has 0 bridgehead atoms. The number of hydrogen-bond donors (Lipinski definition) is 0. The van der Waals surface area contributed by atoms with Crippen LogP contribution in [0.2, 0.25) is 0 Å². The van der Waals surface area contributed by atoms with Crippen LogP contribution < -0.4 is 9.80 Å². The molecule has 0 saturated carbocycles. The molecule has 28 heavy (non-hydrogen) atoms. The molecule has 4 rings (SSSR count). The number of halogens is 3. The maximum absolute atomic E-state index is 12.7. The highest BCUT2D eigenvalue weighted by atomic mass is 32.1. The molecular weight excluding hydrogens is 389 g/mol. The van der Waals surface area contributed by atoms with Crippen molar-refractivity contribution in [3.8, 4) is 10.7 Å². The maximum atomic E-state index is 12.7. The van der Waals surface area contributed by atoms with E-state index < -0.39 is 11.7 Å². The average molecular weight is 406 g/mol. The van der Waals surface area contributed by atoms with Crippen LogP contribution in [0.25, 0.3) is 10.7 Å². The maximum Gasteiger partial charge on any atom is 0.417 e. The molecule has 1 saturated heterocycles. The molecule has 0 spiro atoms. The first-order valence-corrected chi connectivity index (χ1v) is 9.60. The lowest BCUT2D eigenvalue weighted by Gasteiger charge is -2.22. The number of rotatable bonds is 3. The smallest absolute Gasteiger partial charge is 0.355 e. The first kappa shape index (κ1) is 18.6. The summed E-state index contributed by atoms with van der Waals surface area (Å²) >= 11 is 1.49. The highest BCUT2D eigenvalue weighted by Gasteiger charge is 2.31. The Morgan fingerprint density at radius 1 is 0.893 bits per heavy atom. The molecule has 6 nitrogen and oxygen atoms in total. The number of nitrogens with zero attached hydrogens (tertiary/aromatic N) is 6. The fourth-order valence-electron chi connectivity index (χ4n) is 3.01. The molecule has 1 fully saturated rings. The van der Waals surface area contributed by atoms with Crippen LogP contribution in [0.1, 0.15) is 12.0 Å². The van der Waals surface area contributed by atoms with Gasteiger partial charge in [0.2, 0.25) is 5.13 Å². The Morgan fingerprint density at radius 3 is 2.43 bits per heavy atom. The third-order valence-electron chi connectivity index (χ3n) is 4.46. The van der Waals surface area contributed by atoms with Gasteiger partial charge in [-0.15, -0.1) is 10.2 Å². The van der Waals surface area contributed by atoms with Crippen molar-refractivity contribution < 1.29 is 13.2 Å². The van der Waals surface area contributed by atoms with Crippen LogP contribution in [0.3, 0.4) is 0 Å². The molecule has 0 amide bonds. The lowest BCUT2D eigenvalue weighted by Crippen LogP contribution is -2.31. The van der Waals surface area contributed by atoms with Crippen LogP contribution in [0.15, 0.2) is 42.7 Å². The monoisotopic (exact) mass is 406 g/mol. The third-order valence-corrected chi connectivity index (χ3v) is 5.47. The summed E-state index contributed by atoms with van der Waals surface area (Å²) in [6.45, 7) is 2.87. The van der Waals surface area contributed by atoms with Crippen LogP contribution in [0.4, 0.5) is 24.1 Å². The van der Waals surface area contributed by atoms with E-state index in [1.54, 1.807) is 6.20 Å². The van der Waals surface area contributed by atoms with Gasteiger partial charge in [0.05, 0.1) is 5.56 Å². The minimum absolute atomic E-state index is 0.557. The van der Waals surface area contributed by atoms with Crippen molar-refractivity contribution in [1.82, 2.24) is 20.2 Å². The van der Waals surface area contributed by atoms with Gasteiger partial charge in [0.25, 0.3) is 0 Å². The predicted molar refractivity (Wildman–Crippen MR) is 101 cm³/mol. The number of aromatic nitrogens is 4. The Bertz CT molecular complexity index is 913. The standard InChI is InChI=1S/C18H17F3N6S/c19-18(20,21)13-5-6-15(23-12-13)26-8-3-9-27(11-10-26)17-25-24-16(28-17)14-4-1-2-7-22-14/h1-2,4-7,12H,3,8-11H2. The first-order valence-electron chi connectivity index (χ1n) is 8.79. The van der Waals surface area contributed by atoms with Gasteiger partial charge in [0.1, 0.15) is 11.5 Å². The number of alkyl halides is 3. The van der Waals surface area contributed by atoms with Crippen molar-refractivity contribution in [2.24, 2.45) is 0 Å². The molecule has 3 aromatic rings. The van der Waals surface area contributed by atoms with E-state index in [1.165, 1.54) is 17.4 Å². The molecule has 0 aromatic carbocycles. The van der Waals surface area contributed by atoms with Crippen LogP contribution in [0.5, 0.6) is 0 Å². The van der Waals surface area contributed by atoms with Crippen molar-refractivity contribution in [3.63, 3.8) is 0 Å². The van der Waals surface area contributed by atoms with Crippen molar-refractivity contribution in [3.05, 3.63) is 48.3 Å². The zero-order valence-electron chi connectivity index (χ0n) is 14.8. The summed E-state index contributed by atoms with van der Waals surface area (Å²) < 4.78 is 38.1. The Kier molecular flexibility index (Phi) is 5.12. The molecular formula is C18H17F3N6S. The minimum Gasteiger partial charge on any atom is -0.355 e. The van der Waals surface area contributed by atoms with Crippen molar-refractivity contribution in [2.45, 2.75) is 12.6 Å². The van der Waals surface area contributed by atoms with E-state index in [2.05, 4.69) is 25.1 Å². The molecule has 4 heterocycles. The van der Waals surface area contributed by atoms with Gasteiger partial charge in [-0.2, -0.15) is 13.2 Å². The molecule has 146 valence electrons. The Morgan fingerprint density at radius 2 is 1.71 bits per heavy atom. The second-order valence-corrected chi connectivity index (χ2v) is 7.29. The van der Waals surface area contributed by atoms with Crippen LogP contribution in [-0.2, 0) is 6.18 Å². The summed E-state index contributed by atoms with van der Waals surface area (Å²) in [6.07, 6.45) is -0.912. The van der Waals surface area contributed by atoms with Crippen LogP contribution >= 0.6 is 11.3 Å². The summed E-state index contributed by atoms with van der Waals surface area (Å²) in [5, 5.41) is 10.1. The van der Waals surface area contributed by atoms with Gasteiger partial charge < -0.3 is 9.80 Å². The van der Waals surface area contributed by atoms with Gasteiger partial charge in [-0.25, -0.2) is 4.98 Å². The summed E-state index contributed by atoms with van der Waals surface area (Å²) in [4.78, 5) is 12.4. The molecule has 1 aliphatic rings. The predicted octanol–water partition coefficient (Wildman–Crippen LogP) is 3.73. The largest absolute Gasteiger partial charge is 0.417 e. The fourth-order valence-corrected chi connectivity index (χ4v) is 3.89. The van der Waals surface area contributed by atoms with Gasteiger partial charge in [-0.1, -0.05) is 17.4 Å². The molecule has 10 heteroatoms. The van der Waals surface area contributed by atoms with E-state index in [1.807, 2.05) is 23.1 Å². The fraction of sp³-hybridized carbons (Fsp3) is 0.333. The van der Waals surface area contributed by atoms with E-state index >= 15 is 0 Å². The Hall–Kier alpha value is -2.75. The molecule has 0 unspecified atom stereocenters. The molecule has 0 N–H and O–H groups in total. The van der Waals surface area contributed by atoms with E-state index in [0.29, 0.717) is 18.9 Å². The summed E-state index contributed by atoms with van der Waals surface area (Å²) in [7, 11) is 0. The second kappa shape index (κ2) is 7.70. The molecule has 1 aliphatic heterocycles. The van der Waals surface area contributed by atoms with E-state index in [0.717, 1.165) is 47.6 Å². The van der Waals surface area contributed by atoms with E-state index in [9.17, 15) is 13.2 Å². The minimum atomic E-state index is -4.37. The van der Waals surface area contributed by atoms with Gasteiger partial charge >= 0.3 is 6.18 Å². The molecule has 3 aromatic heterocycles. The second-order valence-electron chi connectivity index (χ2n) is 6.34. The lowest BCUT2D eigenvalue weighted by atomic mass is 10.2. The first-order chi connectivity index (χ1) is 13.5. The normalized spacial score (nSPS) is 15.5. The van der Waals surface area contributed by atoms with Gasteiger partial charge in [-0.05, 0) is 30.7 Å². The quantitative estimate of drug-likeness (QED) is 0.661. The van der Waals surface area contributed by atoms with Crippen molar-refractivity contribution in [2.75, 3.05) is 36.0 Å². The number of hydrogen-bond acceptors (Lipinski definition) is 7.